The van der Waals surface area contributed by atoms with Crippen LogP contribution in [0.4, 0.5) is 0 Å². The number of ether oxygens (including phenoxy) is 1. The summed E-state index contributed by atoms with van der Waals surface area (Å²) in [6.45, 7) is 6.12. The van der Waals surface area contributed by atoms with Crippen LogP contribution in [0.2, 0.25) is 5.02 Å². The Labute approximate surface area is 124 Å². The van der Waals surface area contributed by atoms with Crippen LogP contribution < -0.4 is 4.74 Å². The summed E-state index contributed by atoms with van der Waals surface area (Å²) in [6.07, 6.45) is 0. The predicted octanol–water partition coefficient (Wildman–Crippen LogP) is 4.92. The normalized spacial score (nSPS) is 10.4. The number of hydrogen-bond donors (Lipinski definition) is 0. The van der Waals surface area contributed by atoms with Gasteiger partial charge in [0.2, 0.25) is 0 Å². The average Bonchev–Trinajstić information content (AvgIpc) is 2.42. The number of hydrogen-bond acceptors (Lipinski definition) is 2. The number of benzene rings is 2. The Morgan fingerprint density at radius 2 is 1.95 bits per heavy atom. The van der Waals surface area contributed by atoms with Crippen molar-refractivity contribution in [3.05, 3.63) is 52.5 Å². The highest BCUT2D eigenvalue weighted by atomic mass is 35.5. The lowest BCUT2D eigenvalue weighted by molar-refractivity contribution is 0.101. The number of Topliss-reactive ketones (excluding diaryl/α,β-unsaturated/α-hetero) is 1. The molecule has 0 saturated carbocycles. The second-order valence-electron chi connectivity index (χ2n) is 4.66. The van der Waals surface area contributed by atoms with Gasteiger partial charge in [0, 0.05) is 16.1 Å². The number of rotatable bonds is 4. The van der Waals surface area contributed by atoms with Gasteiger partial charge in [0.25, 0.3) is 0 Å². The topological polar surface area (TPSA) is 26.3 Å². The summed E-state index contributed by atoms with van der Waals surface area (Å²) in [5.74, 6) is 0.870. The Hall–Kier alpha value is -1.80. The van der Waals surface area contributed by atoms with Crippen molar-refractivity contribution in [2.75, 3.05) is 6.61 Å². The zero-order valence-corrected chi connectivity index (χ0v) is 12.6. The Bertz CT molecular complexity index is 647. The van der Waals surface area contributed by atoms with Crippen molar-refractivity contribution in [3.8, 4) is 16.9 Å². The SMILES string of the molecule is CCOc1cc(-c2cc(C(C)=O)ccc2Cl)ccc1C. The molecule has 0 amide bonds. The minimum Gasteiger partial charge on any atom is -0.494 e. The molecule has 0 unspecified atom stereocenters. The predicted molar refractivity (Wildman–Crippen MR) is 82.8 cm³/mol. The van der Waals surface area contributed by atoms with Gasteiger partial charge in [-0.25, -0.2) is 0 Å². The van der Waals surface area contributed by atoms with Crippen LogP contribution in [0, 0.1) is 6.92 Å². The maximum atomic E-state index is 11.5. The van der Waals surface area contributed by atoms with E-state index in [4.69, 9.17) is 16.3 Å². The highest BCUT2D eigenvalue weighted by Gasteiger charge is 2.09. The number of carbonyl (C=O) groups excluding carboxylic acids is 1. The van der Waals surface area contributed by atoms with Crippen molar-refractivity contribution >= 4 is 17.4 Å². The van der Waals surface area contributed by atoms with Crippen LogP contribution in [-0.2, 0) is 0 Å². The lowest BCUT2D eigenvalue weighted by Gasteiger charge is -2.11. The van der Waals surface area contributed by atoms with Gasteiger partial charge in [-0.15, -0.1) is 0 Å². The highest BCUT2D eigenvalue weighted by Crippen LogP contribution is 2.32. The number of aryl methyl sites for hydroxylation is 1. The largest absolute Gasteiger partial charge is 0.494 e. The summed E-state index contributed by atoms with van der Waals surface area (Å²) in [5, 5.41) is 0.626. The Morgan fingerprint density at radius 1 is 1.20 bits per heavy atom. The maximum absolute atomic E-state index is 11.5. The van der Waals surface area contributed by atoms with Gasteiger partial charge in [0.15, 0.2) is 5.78 Å². The Balaban J connectivity index is 2.53. The van der Waals surface area contributed by atoms with E-state index in [2.05, 4.69) is 0 Å². The van der Waals surface area contributed by atoms with E-state index in [-0.39, 0.29) is 5.78 Å². The van der Waals surface area contributed by atoms with Gasteiger partial charge in [-0.05, 0) is 56.2 Å². The molecule has 0 aromatic heterocycles. The van der Waals surface area contributed by atoms with E-state index in [1.807, 2.05) is 38.1 Å². The monoisotopic (exact) mass is 288 g/mol. The number of carbonyl (C=O) groups is 1. The summed E-state index contributed by atoms with van der Waals surface area (Å²) in [5.41, 5.74) is 3.53. The molecule has 104 valence electrons. The summed E-state index contributed by atoms with van der Waals surface area (Å²) in [7, 11) is 0. The molecule has 0 bridgehead atoms. The van der Waals surface area contributed by atoms with Crippen LogP contribution in [0.1, 0.15) is 29.8 Å². The molecule has 0 radical (unpaired) electrons. The van der Waals surface area contributed by atoms with Gasteiger partial charge >= 0.3 is 0 Å². The first-order chi connectivity index (χ1) is 9.52. The van der Waals surface area contributed by atoms with Crippen molar-refractivity contribution in [1.82, 2.24) is 0 Å². The molecule has 0 aliphatic carbocycles. The Morgan fingerprint density at radius 3 is 2.60 bits per heavy atom. The standard InChI is InChI=1S/C17H17ClO2/c1-4-20-17-10-14(6-5-11(17)2)15-9-13(12(3)19)7-8-16(15)18/h5-10H,4H2,1-3H3. The molecule has 0 atom stereocenters. The summed E-state index contributed by atoms with van der Waals surface area (Å²) in [4.78, 5) is 11.5. The van der Waals surface area contributed by atoms with Crippen LogP contribution in [-0.4, -0.2) is 12.4 Å². The molecule has 20 heavy (non-hydrogen) atoms. The number of ketones is 1. The molecule has 0 aliphatic heterocycles. The summed E-state index contributed by atoms with van der Waals surface area (Å²) >= 11 is 6.25. The lowest BCUT2D eigenvalue weighted by atomic mass is 10.00. The molecule has 0 spiro atoms. The van der Waals surface area contributed by atoms with Crippen molar-refractivity contribution in [2.24, 2.45) is 0 Å². The molecule has 0 heterocycles. The van der Waals surface area contributed by atoms with E-state index in [9.17, 15) is 4.79 Å². The van der Waals surface area contributed by atoms with E-state index in [1.54, 1.807) is 19.1 Å². The van der Waals surface area contributed by atoms with Gasteiger partial charge in [-0.1, -0.05) is 23.7 Å². The first-order valence-corrected chi connectivity index (χ1v) is 6.95. The van der Waals surface area contributed by atoms with Crippen LogP contribution >= 0.6 is 11.6 Å². The van der Waals surface area contributed by atoms with Gasteiger partial charge < -0.3 is 4.74 Å². The molecule has 0 saturated heterocycles. The second-order valence-corrected chi connectivity index (χ2v) is 5.07. The highest BCUT2D eigenvalue weighted by molar-refractivity contribution is 6.33. The maximum Gasteiger partial charge on any atom is 0.159 e. The van der Waals surface area contributed by atoms with Crippen molar-refractivity contribution in [2.45, 2.75) is 20.8 Å². The summed E-state index contributed by atoms with van der Waals surface area (Å²) in [6, 6.07) is 11.3. The lowest BCUT2D eigenvalue weighted by Crippen LogP contribution is -1.96. The van der Waals surface area contributed by atoms with Crippen molar-refractivity contribution in [3.63, 3.8) is 0 Å². The molecule has 0 aliphatic rings. The molecule has 2 aromatic rings. The van der Waals surface area contributed by atoms with E-state index in [0.29, 0.717) is 17.2 Å². The van der Waals surface area contributed by atoms with Gasteiger partial charge in [0.1, 0.15) is 5.75 Å². The fourth-order valence-electron chi connectivity index (χ4n) is 2.04. The first-order valence-electron chi connectivity index (χ1n) is 6.57. The zero-order valence-electron chi connectivity index (χ0n) is 11.9. The van der Waals surface area contributed by atoms with Crippen molar-refractivity contribution in [1.29, 1.82) is 0 Å². The van der Waals surface area contributed by atoms with Gasteiger partial charge in [-0.3, -0.25) is 4.79 Å². The van der Waals surface area contributed by atoms with E-state index in [0.717, 1.165) is 22.4 Å². The van der Waals surface area contributed by atoms with E-state index < -0.39 is 0 Å². The fourth-order valence-corrected chi connectivity index (χ4v) is 2.27. The van der Waals surface area contributed by atoms with Crippen LogP contribution in [0.5, 0.6) is 5.75 Å². The molecule has 3 heteroatoms. The third-order valence-corrected chi connectivity index (χ3v) is 3.50. The quantitative estimate of drug-likeness (QED) is 0.747. The molecule has 2 rings (SSSR count). The zero-order chi connectivity index (χ0) is 14.7. The molecule has 0 fully saturated rings. The minimum absolute atomic E-state index is 0.0278. The van der Waals surface area contributed by atoms with E-state index >= 15 is 0 Å². The second kappa shape index (κ2) is 6.10. The third-order valence-electron chi connectivity index (χ3n) is 3.17. The molecule has 0 N–H and O–H groups in total. The number of halogens is 1. The molecule has 2 aromatic carbocycles. The smallest absolute Gasteiger partial charge is 0.159 e. The van der Waals surface area contributed by atoms with Crippen molar-refractivity contribution < 1.29 is 9.53 Å². The van der Waals surface area contributed by atoms with Crippen LogP contribution in [0.3, 0.4) is 0 Å². The Kier molecular flexibility index (Phi) is 4.46. The average molecular weight is 289 g/mol. The third kappa shape index (κ3) is 3.02. The first kappa shape index (κ1) is 14.6. The van der Waals surface area contributed by atoms with Crippen LogP contribution in [0.25, 0.3) is 11.1 Å². The molecular weight excluding hydrogens is 272 g/mol. The fraction of sp³-hybridized carbons (Fsp3) is 0.235. The van der Waals surface area contributed by atoms with Gasteiger partial charge in [-0.2, -0.15) is 0 Å². The van der Waals surface area contributed by atoms with Crippen LogP contribution in [0.15, 0.2) is 36.4 Å². The molecular formula is C17H17ClO2. The molecule has 2 nitrogen and oxygen atoms in total. The van der Waals surface area contributed by atoms with E-state index in [1.165, 1.54) is 0 Å². The minimum atomic E-state index is 0.0278. The summed E-state index contributed by atoms with van der Waals surface area (Å²) < 4.78 is 5.61. The van der Waals surface area contributed by atoms with Gasteiger partial charge in [0.05, 0.1) is 6.61 Å².